The molecule has 0 aromatic heterocycles. The lowest BCUT2D eigenvalue weighted by Crippen LogP contribution is -2.41. The molecule has 0 bridgehead atoms. The smallest absolute Gasteiger partial charge is 0.250 e. The highest BCUT2D eigenvalue weighted by atomic mass is 16.5. The van der Waals surface area contributed by atoms with E-state index in [1.807, 2.05) is 13.0 Å². The minimum atomic E-state index is -0.644. The zero-order valence-electron chi connectivity index (χ0n) is 10.0. The van der Waals surface area contributed by atoms with Gasteiger partial charge in [-0.15, -0.1) is 0 Å². The van der Waals surface area contributed by atoms with Gasteiger partial charge in [-0.3, -0.25) is 4.79 Å². The number of methoxy groups -OCH3 is 1. The number of rotatable bonds is 5. The molecule has 2 unspecified atom stereocenters. The first-order chi connectivity index (χ1) is 8.08. The van der Waals surface area contributed by atoms with Gasteiger partial charge in [0, 0.05) is 13.7 Å². The molecule has 0 aliphatic heterocycles. The van der Waals surface area contributed by atoms with Crippen molar-refractivity contribution in [2.45, 2.75) is 19.1 Å². The van der Waals surface area contributed by atoms with Gasteiger partial charge in [0.15, 0.2) is 0 Å². The van der Waals surface area contributed by atoms with Crippen molar-refractivity contribution in [3.63, 3.8) is 0 Å². The highest BCUT2D eigenvalue weighted by Gasteiger charge is 2.18. The predicted octanol–water partition coefficient (Wildman–Crippen LogP) is 0.543. The van der Waals surface area contributed by atoms with Gasteiger partial charge in [-0.05, 0) is 24.6 Å². The summed E-state index contributed by atoms with van der Waals surface area (Å²) in [4.78, 5) is 11.7. The van der Waals surface area contributed by atoms with Crippen molar-refractivity contribution in [2.24, 2.45) is 5.73 Å². The zero-order valence-corrected chi connectivity index (χ0v) is 10.0. The van der Waals surface area contributed by atoms with Crippen LogP contribution in [0.25, 0.3) is 0 Å². The molecule has 0 aliphatic rings. The summed E-state index contributed by atoms with van der Waals surface area (Å²) in [5.74, 6) is -0.0865. The summed E-state index contributed by atoms with van der Waals surface area (Å²) in [5, 5.41) is 12.1. The zero-order chi connectivity index (χ0) is 12.8. The van der Waals surface area contributed by atoms with Gasteiger partial charge >= 0.3 is 0 Å². The number of nitrogens with one attached hydrogen (secondary N) is 1. The van der Waals surface area contributed by atoms with E-state index in [1.165, 1.54) is 7.11 Å². The van der Waals surface area contributed by atoms with Gasteiger partial charge in [-0.25, -0.2) is 0 Å². The Morgan fingerprint density at radius 3 is 2.82 bits per heavy atom. The number of aromatic hydroxyl groups is 1. The van der Waals surface area contributed by atoms with E-state index in [9.17, 15) is 9.90 Å². The molecule has 2 atom stereocenters. The molecule has 0 fully saturated rings. The number of benzene rings is 1. The molecule has 94 valence electrons. The summed E-state index contributed by atoms with van der Waals surface area (Å²) >= 11 is 0. The average Bonchev–Trinajstić information content (AvgIpc) is 2.30. The molecule has 0 aliphatic carbocycles. The summed E-state index contributed by atoms with van der Waals surface area (Å²) in [6.45, 7) is 1.96. The van der Waals surface area contributed by atoms with E-state index in [4.69, 9.17) is 10.5 Å². The van der Waals surface area contributed by atoms with Crippen LogP contribution >= 0.6 is 0 Å². The molecule has 5 nitrogen and oxygen atoms in total. The second-order valence-corrected chi connectivity index (χ2v) is 3.79. The SMILES string of the molecule is COC(CN)C(=O)NC(C)c1cccc(O)c1. The molecule has 0 spiro atoms. The number of nitrogens with two attached hydrogens (primary N) is 1. The van der Waals surface area contributed by atoms with Crippen molar-refractivity contribution in [2.75, 3.05) is 13.7 Å². The Labute approximate surface area is 101 Å². The fraction of sp³-hybridized carbons (Fsp3) is 0.417. The summed E-state index contributed by atoms with van der Waals surface area (Å²) in [7, 11) is 1.44. The number of amides is 1. The average molecular weight is 238 g/mol. The van der Waals surface area contributed by atoms with E-state index in [0.717, 1.165) is 5.56 Å². The van der Waals surface area contributed by atoms with Crippen LogP contribution in [-0.2, 0) is 9.53 Å². The van der Waals surface area contributed by atoms with E-state index in [0.29, 0.717) is 0 Å². The highest BCUT2D eigenvalue weighted by Crippen LogP contribution is 2.17. The van der Waals surface area contributed by atoms with Crippen molar-refractivity contribution in [3.8, 4) is 5.75 Å². The van der Waals surface area contributed by atoms with Gasteiger partial charge in [0.1, 0.15) is 11.9 Å². The number of phenolic OH excluding ortho intramolecular Hbond substituents is 1. The molecule has 5 heteroatoms. The van der Waals surface area contributed by atoms with Crippen molar-refractivity contribution in [1.82, 2.24) is 5.32 Å². The summed E-state index contributed by atoms with van der Waals surface area (Å²) in [5.41, 5.74) is 6.22. The molecule has 0 heterocycles. The summed E-state index contributed by atoms with van der Waals surface area (Å²) in [6.07, 6.45) is -0.644. The van der Waals surface area contributed by atoms with E-state index in [2.05, 4.69) is 5.32 Å². The Kier molecular flexibility index (Phi) is 4.93. The van der Waals surface area contributed by atoms with Gasteiger partial charge in [-0.2, -0.15) is 0 Å². The number of carbonyl (C=O) groups is 1. The fourth-order valence-corrected chi connectivity index (χ4v) is 1.49. The van der Waals surface area contributed by atoms with Crippen LogP contribution in [-0.4, -0.2) is 30.8 Å². The molecular weight excluding hydrogens is 220 g/mol. The number of hydrogen-bond donors (Lipinski definition) is 3. The first-order valence-corrected chi connectivity index (χ1v) is 5.40. The first kappa shape index (κ1) is 13.5. The Bertz CT molecular complexity index is 378. The maximum absolute atomic E-state index is 11.7. The molecule has 1 aromatic rings. The summed E-state index contributed by atoms with van der Waals surface area (Å²) < 4.78 is 4.94. The predicted molar refractivity (Wildman–Crippen MR) is 64.5 cm³/mol. The van der Waals surface area contributed by atoms with Crippen LogP contribution in [0.1, 0.15) is 18.5 Å². The van der Waals surface area contributed by atoms with Crippen LogP contribution in [0, 0.1) is 0 Å². The maximum Gasteiger partial charge on any atom is 0.250 e. The molecule has 4 N–H and O–H groups in total. The second-order valence-electron chi connectivity index (χ2n) is 3.79. The lowest BCUT2D eigenvalue weighted by molar-refractivity contribution is -0.131. The molecule has 1 amide bonds. The number of ether oxygens (including phenoxy) is 1. The lowest BCUT2D eigenvalue weighted by Gasteiger charge is -2.18. The third-order valence-corrected chi connectivity index (χ3v) is 2.52. The van der Waals surface area contributed by atoms with Crippen molar-refractivity contribution in [3.05, 3.63) is 29.8 Å². The van der Waals surface area contributed by atoms with Crippen LogP contribution in [0.4, 0.5) is 0 Å². The molecule has 1 rings (SSSR count). The Morgan fingerprint density at radius 2 is 2.29 bits per heavy atom. The van der Waals surface area contributed by atoms with Crippen LogP contribution in [0.2, 0.25) is 0 Å². The van der Waals surface area contributed by atoms with Crippen LogP contribution in [0.5, 0.6) is 5.75 Å². The second kappa shape index (κ2) is 6.22. The van der Waals surface area contributed by atoms with Gasteiger partial charge in [-0.1, -0.05) is 12.1 Å². The molecular formula is C12H18N2O3. The third-order valence-electron chi connectivity index (χ3n) is 2.52. The topological polar surface area (TPSA) is 84.6 Å². The summed E-state index contributed by atoms with van der Waals surface area (Å²) in [6, 6.07) is 6.53. The van der Waals surface area contributed by atoms with E-state index >= 15 is 0 Å². The number of phenols is 1. The number of hydrogen-bond acceptors (Lipinski definition) is 4. The number of carbonyl (C=O) groups excluding carboxylic acids is 1. The molecule has 1 aromatic carbocycles. The van der Waals surface area contributed by atoms with Gasteiger partial charge < -0.3 is 20.9 Å². The monoisotopic (exact) mass is 238 g/mol. The molecule has 0 saturated heterocycles. The van der Waals surface area contributed by atoms with E-state index in [1.54, 1.807) is 18.2 Å². The Balaban J connectivity index is 2.66. The van der Waals surface area contributed by atoms with Gasteiger partial charge in [0.05, 0.1) is 6.04 Å². The minimum Gasteiger partial charge on any atom is -0.508 e. The normalized spacial score (nSPS) is 14.1. The standard InChI is InChI=1S/C12H18N2O3/c1-8(9-4-3-5-10(15)6-9)14-12(16)11(7-13)17-2/h3-6,8,11,15H,7,13H2,1-2H3,(H,14,16). The highest BCUT2D eigenvalue weighted by molar-refractivity contribution is 5.81. The Hall–Kier alpha value is -1.59. The van der Waals surface area contributed by atoms with Crippen LogP contribution in [0.15, 0.2) is 24.3 Å². The van der Waals surface area contributed by atoms with Crippen molar-refractivity contribution in [1.29, 1.82) is 0 Å². The fourth-order valence-electron chi connectivity index (χ4n) is 1.49. The van der Waals surface area contributed by atoms with Crippen LogP contribution in [0.3, 0.4) is 0 Å². The van der Waals surface area contributed by atoms with Crippen LogP contribution < -0.4 is 11.1 Å². The Morgan fingerprint density at radius 1 is 1.59 bits per heavy atom. The molecule has 17 heavy (non-hydrogen) atoms. The largest absolute Gasteiger partial charge is 0.508 e. The van der Waals surface area contributed by atoms with Gasteiger partial charge in [0.2, 0.25) is 0 Å². The maximum atomic E-state index is 11.7. The lowest BCUT2D eigenvalue weighted by atomic mass is 10.1. The minimum absolute atomic E-state index is 0.134. The molecule has 0 radical (unpaired) electrons. The molecule has 0 saturated carbocycles. The van der Waals surface area contributed by atoms with E-state index in [-0.39, 0.29) is 24.2 Å². The van der Waals surface area contributed by atoms with Crippen molar-refractivity contribution < 1.29 is 14.6 Å². The van der Waals surface area contributed by atoms with Crippen molar-refractivity contribution >= 4 is 5.91 Å². The quantitative estimate of drug-likeness (QED) is 0.699. The first-order valence-electron chi connectivity index (χ1n) is 5.40. The third kappa shape index (κ3) is 3.72. The van der Waals surface area contributed by atoms with E-state index < -0.39 is 6.10 Å². The van der Waals surface area contributed by atoms with Gasteiger partial charge in [0.25, 0.3) is 5.91 Å².